The van der Waals surface area contributed by atoms with Crippen molar-refractivity contribution in [3.8, 4) is 0 Å². The van der Waals surface area contributed by atoms with E-state index in [2.05, 4.69) is 13.8 Å². The van der Waals surface area contributed by atoms with E-state index in [9.17, 15) is 0 Å². The summed E-state index contributed by atoms with van der Waals surface area (Å²) in [5.74, 6) is 9.25. The lowest BCUT2D eigenvalue weighted by atomic mass is 9.77. The Hall–Kier alpha value is 0. The lowest BCUT2D eigenvalue weighted by Crippen LogP contribution is -2.19. The molecule has 0 saturated heterocycles. The molecule has 0 amide bonds. The predicted octanol–water partition coefficient (Wildman–Crippen LogP) is 4.35. The van der Waals surface area contributed by atoms with E-state index in [0.29, 0.717) is 0 Å². The molecule has 0 aromatic heterocycles. The van der Waals surface area contributed by atoms with Crippen molar-refractivity contribution in [2.75, 3.05) is 0 Å². The molecule has 0 aromatic carbocycles. The average molecular weight is 218 g/mol. The fourth-order valence-electron chi connectivity index (χ4n) is 5.64. The Kier molecular flexibility index (Phi) is 2.04. The topological polar surface area (TPSA) is 0 Å². The van der Waals surface area contributed by atoms with Gasteiger partial charge in [-0.1, -0.05) is 20.3 Å². The molecule has 4 aliphatic rings. The second-order valence-corrected chi connectivity index (χ2v) is 7.55. The van der Waals surface area contributed by atoms with Crippen LogP contribution in [0.1, 0.15) is 52.4 Å². The second kappa shape index (κ2) is 3.27. The molecule has 0 heteroatoms. The minimum absolute atomic E-state index is 1.04. The molecule has 4 rings (SSSR count). The fraction of sp³-hybridized carbons (Fsp3) is 1.00. The summed E-state index contributed by atoms with van der Waals surface area (Å²) in [4.78, 5) is 0. The van der Waals surface area contributed by atoms with E-state index in [0.717, 1.165) is 29.6 Å². The molecule has 16 heavy (non-hydrogen) atoms. The standard InChI is InChI=1S/C16H26/c1-3-10-6-12-7-11(12)4-9(2)5-13-8-14-15(10)16(13)14/h9-16H,3-8H2,1-2H3. The van der Waals surface area contributed by atoms with Gasteiger partial charge in [-0.3, -0.25) is 0 Å². The zero-order chi connectivity index (χ0) is 10.9. The Morgan fingerprint density at radius 3 is 2.38 bits per heavy atom. The molecule has 4 aliphatic carbocycles. The van der Waals surface area contributed by atoms with E-state index >= 15 is 0 Å². The normalized spacial score (nSPS) is 62.6. The molecule has 4 fully saturated rings. The molecule has 0 heterocycles. The number of fused-ring (bicyclic) bond motifs is 2. The molecule has 0 nitrogen and oxygen atoms in total. The second-order valence-electron chi connectivity index (χ2n) is 7.55. The van der Waals surface area contributed by atoms with Crippen molar-refractivity contribution in [3.05, 3.63) is 0 Å². The minimum atomic E-state index is 1.04. The summed E-state index contributed by atoms with van der Waals surface area (Å²) < 4.78 is 0. The minimum Gasteiger partial charge on any atom is -0.0651 e. The Morgan fingerprint density at radius 2 is 1.56 bits per heavy atom. The maximum atomic E-state index is 2.53. The Labute approximate surface area is 100 Å². The van der Waals surface area contributed by atoms with Gasteiger partial charge in [0, 0.05) is 0 Å². The molecular weight excluding hydrogens is 192 g/mol. The molecule has 0 aliphatic heterocycles. The number of hydrogen-bond acceptors (Lipinski definition) is 0. The van der Waals surface area contributed by atoms with Crippen molar-refractivity contribution >= 4 is 0 Å². The van der Waals surface area contributed by atoms with Crippen LogP contribution in [-0.4, -0.2) is 0 Å². The lowest BCUT2D eigenvalue weighted by Gasteiger charge is -2.28. The van der Waals surface area contributed by atoms with Gasteiger partial charge in [-0.25, -0.2) is 0 Å². The molecule has 0 aromatic rings. The van der Waals surface area contributed by atoms with Gasteiger partial charge in [-0.2, -0.15) is 0 Å². The van der Waals surface area contributed by atoms with Crippen LogP contribution in [0.3, 0.4) is 0 Å². The zero-order valence-electron chi connectivity index (χ0n) is 10.9. The van der Waals surface area contributed by atoms with E-state index in [1.54, 1.807) is 32.1 Å². The third-order valence-electron chi connectivity index (χ3n) is 6.57. The maximum absolute atomic E-state index is 2.53. The van der Waals surface area contributed by atoms with Crippen LogP contribution in [0.5, 0.6) is 0 Å². The molecule has 0 spiro atoms. The summed E-state index contributed by atoms with van der Waals surface area (Å²) in [5.41, 5.74) is 0. The summed E-state index contributed by atoms with van der Waals surface area (Å²) in [7, 11) is 0. The van der Waals surface area contributed by atoms with Gasteiger partial charge in [0.25, 0.3) is 0 Å². The molecule has 0 N–H and O–H groups in total. The van der Waals surface area contributed by atoms with Gasteiger partial charge < -0.3 is 0 Å². The van der Waals surface area contributed by atoms with E-state index in [-0.39, 0.29) is 0 Å². The van der Waals surface area contributed by atoms with Crippen LogP contribution in [0.2, 0.25) is 0 Å². The molecule has 90 valence electrons. The lowest BCUT2D eigenvalue weighted by molar-refractivity contribution is 0.219. The van der Waals surface area contributed by atoms with E-state index in [1.165, 1.54) is 24.2 Å². The number of hydrogen-bond donors (Lipinski definition) is 0. The Balaban J connectivity index is 1.52. The van der Waals surface area contributed by atoms with Crippen LogP contribution in [-0.2, 0) is 0 Å². The van der Waals surface area contributed by atoms with Crippen LogP contribution in [0.4, 0.5) is 0 Å². The highest BCUT2D eigenvalue weighted by molar-refractivity contribution is 5.13. The highest BCUT2D eigenvalue weighted by Crippen LogP contribution is 2.71. The Bertz CT molecular complexity index is 294. The SMILES string of the molecule is CCC1CC2CC2CC(C)CC2CC3C1C23. The molecule has 4 saturated carbocycles. The largest absolute Gasteiger partial charge is 0.0651 e. The zero-order valence-corrected chi connectivity index (χ0v) is 10.9. The first-order chi connectivity index (χ1) is 7.78. The van der Waals surface area contributed by atoms with E-state index < -0.39 is 0 Å². The van der Waals surface area contributed by atoms with Gasteiger partial charge in [0.05, 0.1) is 0 Å². The molecule has 8 atom stereocenters. The van der Waals surface area contributed by atoms with E-state index in [1.807, 2.05) is 0 Å². The Morgan fingerprint density at radius 1 is 0.812 bits per heavy atom. The van der Waals surface area contributed by atoms with Gasteiger partial charge in [0.2, 0.25) is 0 Å². The van der Waals surface area contributed by atoms with Crippen molar-refractivity contribution in [2.24, 2.45) is 47.3 Å². The summed E-state index contributed by atoms with van der Waals surface area (Å²) in [6.45, 7) is 4.97. The van der Waals surface area contributed by atoms with Crippen LogP contribution in [0, 0.1) is 47.3 Å². The van der Waals surface area contributed by atoms with Gasteiger partial charge in [0.15, 0.2) is 0 Å². The van der Waals surface area contributed by atoms with E-state index in [4.69, 9.17) is 0 Å². The summed E-state index contributed by atoms with van der Waals surface area (Å²) in [6.07, 6.45) is 9.44. The van der Waals surface area contributed by atoms with Gasteiger partial charge >= 0.3 is 0 Å². The highest BCUT2D eigenvalue weighted by Gasteiger charge is 2.64. The van der Waals surface area contributed by atoms with Crippen LogP contribution in [0.25, 0.3) is 0 Å². The van der Waals surface area contributed by atoms with Crippen LogP contribution >= 0.6 is 0 Å². The third kappa shape index (κ3) is 1.34. The van der Waals surface area contributed by atoms with Crippen molar-refractivity contribution in [2.45, 2.75) is 52.4 Å². The fourth-order valence-corrected chi connectivity index (χ4v) is 5.64. The van der Waals surface area contributed by atoms with Gasteiger partial charge in [-0.05, 0) is 79.4 Å². The maximum Gasteiger partial charge on any atom is -0.0320 e. The highest BCUT2D eigenvalue weighted by atomic mass is 14.7. The van der Waals surface area contributed by atoms with Crippen LogP contribution < -0.4 is 0 Å². The molecule has 8 unspecified atom stereocenters. The molecular formula is C16H26. The first kappa shape index (κ1) is 9.97. The van der Waals surface area contributed by atoms with Crippen molar-refractivity contribution in [3.63, 3.8) is 0 Å². The molecule has 0 bridgehead atoms. The van der Waals surface area contributed by atoms with Gasteiger partial charge in [-0.15, -0.1) is 0 Å². The van der Waals surface area contributed by atoms with Crippen molar-refractivity contribution < 1.29 is 0 Å². The smallest absolute Gasteiger partial charge is 0.0320 e. The summed E-state index contributed by atoms with van der Waals surface area (Å²) >= 11 is 0. The summed E-state index contributed by atoms with van der Waals surface area (Å²) in [6, 6.07) is 0. The predicted molar refractivity (Wildman–Crippen MR) is 67.0 cm³/mol. The number of rotatable bonds is 1. The van der Waals surface area contributed by atoms with Crippen LogP contribution in [0.15, 0.2) is 0 Å². The quantitative estimate of drug-likeness (QED) is 0.614. The monoisotopic (exact) mass is 218 g/mol. The summed E-state index contributed by atoms with van der Waals surface area (Å²) in [5, 5.41) is 0. The van der Waals surface area contributed by atoms with Gasteiger partial charge in [0.1, 0.15) is 0 Å². The first-order valence-electron chi connectivity index (χ1n) is 7.78. The molecule has 0 radical (unpaired) electrons. The third-order valence-corrected chi connectivity index (χ3v) is 6.57. The van der Waals surface area contributed by atoms with Crippen molar-refractivity contribution in [1.29, 1.82) is 0 Å². The first-order valence-corrected chi connectivity index (χ1v) is 7.78. The van der Waals surface area contributed by atoms with Crippen molar-refractivity contribution in [1.82, 2.24) is 0 Å². The average Bonchev–Trinajstić information content (AvgIpc) is 3.07.